The van der Waals surface area contributed by atoms with E-state index in [1.807, 2.05) is 6.92 Å². The molecule has 2 aromatic rings. The van der Waals surface area contributed by atoms with Crippen molar-refractivity contribution in [1.82, 2.24) is 15.5 Å². The van der Waals surface area contributed by atoms with Crippen molar-refractivity contribution in [1.29, 1.82) is 0 Å². The molecule has 0 saturated heterocycles. The van der Waals surface area contributed by atoms with Crippen molar-refractivity contribution in [3.05, 3.63) is 28.0 Å². The third-order valence-corrected chi connectivity index (χ3v) is 3.29. The van der Waals surface area contributed by atoms with E-state index in [-0.39, 0.29) is 5.91 Å². The molecule has 0 saturated carbocycles. The number of carbonyl (C=O) groups excluding carboxylic acids is 1. The summed E-state index contributed by atoms with van der Waals surface area (Å²) in [6, 6.07) is 1.68. The SMILES string of the molecule is Cc1sc(C(=O)NCCc2ncon2)cc1N. The fourth-order valence-electron chi connectivity index (χ4n) is 1.29. The van der Waals surface area contributed by atoms with Crippen molar-refractivity contribution < 1.29 is 9.32 Å². The lowest BCUT2D eigenvalue weighted by Gasteiger charge is -2.00. The van der Waals surface area contributed by atoms with Gasteiger partial charge in [0.2, 0.25) is 6.39 Å². The number of nitrogens with two attached hydrogens (primary N) is 1. The highest BCUT2D eigenvalue weighted by Crippen LogP contribution is 2.22. The standard InChI is InChI=1S/C10H12N4O2S/c1-6-7(11)4-8(17-6)10(15)12-3-2-9-13-5-16-14-9/h4-5H,2-3,11H2,1H3,(H,12,15). The first-order valence-corrected chi connectivity index (χ1v) is 5.88. The summed E-state index contributed by atoms with van der Waals surface area (Å²) < 4.78 is 4.59. The zero-order chi connectivity index (χ0) is 12.3. The summed E-state index contributed by atoms with van der Waals surface area (Å²) >= 11 is 1.38. The topological polar surface area (TPSA) is 94.0 Å². The zero-order valence-corrected chi connectivity index (χ0v) is 10.1. The first-order valence-electron chi connectivity index (χ1n) is 5.06. The first-order chi connectivity index (χ1) is 8.16. The Morgan fingerprint density at radius 1 is 1.65 bits per heavy atom. The minimum atomic E-state index is -0.127. The minimum absolute atomic E-state index is 0.127. The quantitative estimate of drug-likeness (QED) is 0.846. The highest BCUT2D eigenvalue weighted by molar-refractivity contribution is 7.14. The van der Waals surface area contributed by atoms with E-state index in [4.69, 9.17) is 5.73 Å². The van der Waals surface area contributed by atoms with Gasteiger partial charge >= 0.3 is 0 Å². The first kappa shape index (κ1) is 11.6. The van der Waals surface area contributed by atoms with Gasteiger partial charge in [0.25, 0.3) is 5.91 Å². The molecule has 6 nitrogen and oxygen atoms in total. The Balaban J connectivity index is 1.85. The van der Waals surface area contributed by atoms with Gasteiger partial charge in [0.05, 0.1) is 4.88 Å². The number of nitrogens with zero attached hydrogens (tertiary/aromatic N) is 2. The highest BCUT2D eigenvalue weighted by atomic mass is 32.1. The van der Waals surface area contributed by atoms with Gasteiger partial charge in [-0.3, -0.25) is 4.79 Å². The van der Waals surface area contributed by atoms with Crippen molar-refractivity contribution in [2.45, 2.75) is 13.3 Å². The molecule has 1 amide bonds. The van der Waals surface area contributed by atoms with E-state index in [0.717, 1.165) is 4.88 Å². The van der Waals surface area contributed by atoms with Crippen LogP contribution >= 0.6 is 11.3 Å². The van der Waals surface area contributed by atoms with Crippen molar-refractivity contribution in [3.8, 4) is 0 Å². The lowest BCUT2D eigenvalue weighted by atomic mass is 10.3. The molecule has 0 aromatic carbocycles. The van der Waals surface area contributed by atoms with Gasteiger partial charge in [-0.1, -0.05) is 5.16 Å². The van der Waals surface area contributed by atoms with Crippen molar-refractivity contribution >= 4 is 22.9 Å². The number of thiophene rings is 1. The second-order valence-electron chi connectivity index (χ2n) is 3.48. The third kappa shape index (κ3) is 2.82. The van der Waals surface area contributed by atoms with Gasteiger partial charge in [-0.2, -0.15) is 4.98 Å². The largest absolute Gasteiger partial charge is 0.398 e. The number of anilines is 1. The summed E-state index contributed by atoms with van der Waals surface area (Å²) in [4.78, 5) is 17.1. The van der Waals surface area contributed by atoms with Gasteiger partial charge < -0.3 is 15.6 Å². The highest BCUT2D eigenvalue weighted by Gasteiger charge is 2.10. The van der Waals surface area contributed by atoms with Crippen LogP contribution in [0.1, 0.15) is 20.4 Å². The molecular weight excluding hydrogens is 240 g/mol. The van der Waals surface area contributed by atoms with Crippen LogP contribution in [0.3, 0.4) is 0 Å². The van der Waals surface area contributed by atoms with E-state index in [1.165, 1.54) is 17.7 Å². The molecule has 90 valence electrons. The number of amides is 1. The van der Waals surface area contributed by atoms with Crippen LogP contribution in [-0.4, -0.2) is 22.6 Å². The maximum absolute atomic E-state index is 11.7. The zero-order valence-electron chi connectivity index (χ0n) is 9.27. The van der Waals surface area contributed by atoms with Crippen molar-refractivity contribution in [3.63, 3.8) is 0 Å². The Bertz CT molecular complexity index is 487. The molecule has 3 N–H and O–H groups in total. The molecule has 0 spiro atoms. The van der Waals surface area contributed by atoms with Gasteiger partial charge in [0.15, 0.2) is 5.82 Å². The summed E-state index contributed by atoms with van der Waals surface area (Å²) in [7, 11) is 0. The molecule has 0 aliphatic rings. The van der Waals surface area contributed by atoms with Crippen LogP contribution in [0.25, 0.3) is 0 Å². The predicted octanol–water partition coefficient (Wildman–Crippen LogP) is 0.994. The Labute approximate surface area is 102 Å². The molecule has 2 rings (SSSR count). The Hall–Kier alpha value is -1.89. The number of aryl methyl sites for hydroxylation is 1. The third-order valence-electron chi connectivity index (χ3n) is 2.22. The molecule has 0 fully saturated rings. The number of aromatic nitrogens is 2. The Morgan fingerprint density at radius 3 is 3.06 bits per heavy atom. The molecule has 7 heteroatoms. The van der Waals surface area contributed by atoms with E-state index < -0.39 is 0 Å². The molecule has 0 aliphatic carbocycles. The minimum Gasteiger partial charge on any atom is -0.398 e. The van der Waals surface area contributed by atoms with E-state index in [0.29, 0.717) is 29.4 Å². The van der Waals surface area contributed by atoms with Crippen LogP contribution in [0.2, 0.25) is 0 Å². The molecule has 0 atom stereocenters. The van der Waals surface area contributed by atoms with Crippen LogP contribution in [0.5, 0.6) is 0 Å². The van der Waals surface area contributed by atoms with Gasteiger partial charge in [-0.15, -0.1) is 11.3 Å². The fraction of sp³-hybridized carbons (Fsp3) is 0.300. The average molecular weight is 252 g/mol. The summed E-state index contributed by atoms with van der Waals surface area (Å²) in [5.41, 5.74) is 6.33. The summed E-state index contributed by atoms with van der Waals surface area (Å²) in [5, 5.41) is 6.42. The van der Waals surface area contributed by atoms with Gasteiger partial charge in [-0.05, 0) is 13.0 Å². The number of nitrogen functional groups attached to an aromatic ring is 1. The van der Waals surface area contributed by atoms with Gasteiger partial charge in [0.1, 0.15) is 0 Å². The Morgan fingerprint density at radius 2 is 2.47 bits per heavy atom. The van der Waals surface area contributed by atoms with Gasteiger partial charge in [-0.25, -0.2) is 0 Å². The lowest BCUT2D eigenvalue weighted by molar-refractivity contribution is 0.0958. The normalized spacial score (nSPS) is 10.4. The van der Waals surface area contributed by atoms with Crippen LogP contribution in [0, 0.1) is 6.92 Å². The predicted molar refractivity (Wildman–Crippen MR) is 63.8 cm³/mol. The van der Waals surface area contributed by atoms with Crippen LogP contribution < -0.4 is 11.1 Å². The van der Waals surface area contributed by atoms with Gasteiger partial charge in [0, 0.05) is 23.5 Å². The number of carbonyl (C=O) groups is 1. The van der Waals surface area contributed by atoms with E-state index >= 15 is 0 Å². The summed E-state index contributed by atoms with van der Waals surface area (Å²) in [6.07, 6.45) is 1.81. The molecule has 0 unspecified atom stereocenters. The molecule has 2 heterocycles. The number of hydrogen-bond acceptors (Lipinski definition) is 6. The summed E-state index contributed by atoms with van der Waals surface area (Å²) in [6.45, 7) is 2.35. The van der Waals surface area contributed by atoms with Crippen molar-refractivity contribution in [2.24, 2.45) is 0 Å². The van der Waals surface area contributed by atoms with Crippen molar-refractivity contribution in [2.75, 3.05) is 12.3 Å². The smallest absolute Gasteiger partial charge is 0.261 e. The van der Waals surface area contributed by atoms with E-state index in [1.54, 1.807) is 6.07 Å². The fourth-order valence-corrected chi connectivity index (χ4v) is 2.14. The second-order valence-corrected chi connectivity index (χ2v) is 4.73. The number of rotatable bonds is 4. The van der Waals surface area contributed by atoms with Crippen LogP contribution in [0.15, 0.2) is 17.0 Å². The van der Waals surface area contributed by atoms with Crippen LogP contribution in [-0.2, 0) is 6.42 Å². The molecule has 0 aliphatic heterocycles. The summed E-state index contributed by atoms with van der Waals surface area (Å²) in [5.74, 6) is 0.450. The van der Waals surface area contributed by atoms with E-state index in [9.17, 15) is 4.79 Å². The van der Waals surface area contributed by atoms with E-state index in [2.05, 4.69) is 20.0 Å². The molecule has 2 aromatic heterocycles. The molecular formula is C10H12N4O2S. The molecule has 0 bridgehead atoms. The molecule has 17 heavy (non-hydrogen) atoms. The molecule has 0 radical (unpaired) electrons. The number of hydrogen-bond donors (Lipinski definition) is 2. The monoisotopic (exact) mass is 252 g/mol. The maximum atomic E-state index is 11.7. The number of nitrogens with one attached hydrogen (secondary N) is 1. The average Bonchev–Trinajstić information content (AvgIpc) is 2.90. The van der Waals surface area contributed by atoms with Crippen LogP contribution in [0.4, 0.5) is 5.69 Å². The Kier molecular flexibility index (Phi) is 3.38. The lowest BCUT2D eigenvalue weighted by Crippen LogP contribution is -2.25. The second kappa shape index (κ2) is 4.96. The maximum Gasteiger partial charge on any atom is 0.261 e.